The lowest BCUT2D eigenvalue weighted by molar-refractivity contribution is 0.414. The molecule has 0 aliphatic heterocycles. The second kappa shape index (κ2) is 10.5. The first-order valence-corrected chi connectivity index (χ1v) is 7.93. The lowest BCUT2D eigenvalue weighted by Crippen LogP contribution is -2.36. The molecule has 0 fully saturated rings. The number of aliphatic imine (C=N–C) groups is 1. The van der Waals surface area contributed by atoms with Gasteiger partial charge in [-0.1, -0.05) is 18.2 Å². The Kier molecular flexibility index (Phi) is 9.05. The van der Waals surface area contributed by atoms with Crippen molar-refractivity contribution in [3.63, 3.8) is 0 Å². The summed E-state index contributed by atoms with van der Waals surface area (Å²) in [5.41, 5.74) is 1.93. The molecular formula is C17H20BrFIN3O. The summed E-state index contributed by atoms with van der Waals surface area (Å²) in [6.45, 7) is 1.10. The summed E-state index contributed by atoms with van der Waals surface area (Å²) >= 11 is 3.14. The van der Waals surface area contributed by atoms with Gasteiger partial charge in [0.05, 0.1) is 11.6 Å². The van der Waals surface area contributed by atoms with Gasteiger partial charge in [0.1, 0.15) is 11.6 Å². The van der Waals surface area contributed by atoms with Crippen molar-refractivity contribution in [2.75, 3.05) is 14.2 Å². The molecular weight excluding hydrogens is 488 g/mol. The monoisotopic (exact) mass is 507 g/mol. The minimum Gasteiger partial charge on any atom is -0.497 e. The molecule has 0 saturated heterocycles. The molecule has 2 aromatic carbocycles. The van der Waals surface area contributed by atoms with Gasteiger partial charge in [0.15, 0.2) is 5.96 Å². The molecule has 24 heavy (non-hydrogen) atoms. The molecule has 0 aliphatic rings. The second-order valence-electron chi connectivity index (χ2n) is 4.88. The zero-order valence-electron chi connectivity index (χ0n) is 13.5. The molecule has 0 unspecified atom stereocenters. The summed E-state index contributed by atoms with van der Waals surface area (Å²) in [6, 6.07) is 12.9. The Balaban J connectivity index is 0.00000288. The fourth-order valence-electron chi connectivity index (χ4n) is 2.02. The summed E-state index contributed by atoms with van der Waals surface area (Å²) in [5, 5.41) is 6.37. The van der Waals surface area contributed by atoms with Crippen LogP contribution in [0.15, 0.2) is 51.9 Å². The molecule has 2 rings (SSSR count). The Morgan fingerprint density at radius 1 is 1.12 bits per heavy atom. The van der Waals surface area contributed by atoms with E-state index < -0.39 is 0 Å². The van der Waals surface area contributed by atoms with Gasteiger partial charge in [-0.25, -0.2) is 4.39 Å². The highest BCUT2D eigenvalue weighted by molar-refractivity contribution is 14.0. The van der Waals surface area contributed by atoms with Crippen molar-refractivity contribution in [2.24, 2.45) is 4.99 Å². The number of hydrogen-bond donors (Lipinski definition) is 2. The fourth-order valence-corrected chi connectivity index (χ4v) is 2.27. The molecule has 0 atom stereocenters. The van der Waals surface area contributed by atoms with Crippen molar-refractivity contribution in [2.45, 2.75) is 13.1 Å². The lowest BCUT2D eigenvalue weighted by Gasteiger charge is -2.12. The third-order valence-electron chi connectivity index (χ3n) is 3.26. The molecule has 0 aromatic heterocycles. The minimum atomic E-state index is -0.274. The zero-order chi connectivity index (χ0) is 16.7. The van der Waals surface area contributed by atoms with Crippen LogP contribution in [0.25, 0.3) is 0 Å². The number of benzene rings is 2. The number of methoxy groups -OCH3 is 1. The van der Waals surface area contributed by atoms with Crippen LogP contribution in [0.4, 0.5) is 4.39 Å². The Morgan fingerprint density at radius 3 is 2.38 bits per heavy atom. The molecule has 7 heteroatoms. The summed E-state index contributed by atoms with van der Waals surface area (Å²) in [4.78, 5) is 4.16. The first-order valence-electron chi connectivity index (χ1n) is 7.13. The molecule has 2 aromatic rings. The molecule has 0 radical (unpaired) electrons. The van der Waals surface area contributed by atoms with Gasteiger partial charge < -0.3 is 15.4 Å². The van der Waals surface area contributed by atoms with E-state index in [0.717, 1.165) is 16.9 Å². The minimum absolute atomic E-state index is 0. The Bertz CT molecular complexity index is 697. The van der Waals surface area contributed by atoms with Crippen molar-refractivity contribution in [3.8, 4) is 5.75 Å². The second-order valence-corrected chi connectivity index (χ2v) is 5.73. The third-order valence-corrected chi connectivity index (χ3v) is 3.90. The van der Waals surface area contributed by atoms with Gasteiger partial charge in [0.2, 0.25) is 0 Å². The van der Waals surface area contributed by atoms with E-state index in [4.69, 9.17) is 4.74 Å². The molecule has 130 valence electrons. The topological polar surface area (TPSA) is 45.7 Å². The van der Waals surface area contributed by atoms with Crippen LogP contribution in [-0.4, -0.2) is 20.1 Å². The highest BCUT2D eigenvalue weighted by atomic mass is 127. The summed E-state index contributed by atoms with van der Waals surface area (Å²) in [7, 11) is 3.34. The largest absolute Gasteiger partial charge is 0.497 e. The SMILES string of the molecule is CN=C(NCc1cccc(OC)c1)NCc1ccc(Br)c(F)c1.I. The number of guanidine groups is 1. The average Bonchev–Trinajstić information content (AvgIpc) is 2.58. The van der Waals surface area contributed by atoms with Gasteiger partial charge in [-0.3, -0.25) is 4.99 Å². The van der Waals surface area contributed by atoms with Gasteiger partial charge in [0.25, 0.3) is 0 Å². The van der Waals surface area contributed by atoms with Crippen LogP contribution in [0, 0.1) is 5.82 Å². The average molecular weight is 508 g/mol. The summed E-state index contributed by atoms with van der Waals surface area (Å²) < 4.78 is 19.2. The van der Waals surface area contributed by atoms with Gasteiger partial charge in [-0.2, -0.15) is 0 Å². The molecule has 2 N–H and O–H groups in total. The van der Waals surface area contributed by atoms with Crippen LogP contribution < -0.4 is 15.4 Å². The highest BCUT2D eigenvalue weighted by Gasteiger charge is 2.03. The van der Waals surface area contributed by atoms with Gasteiger partial charge in [-0.15, -0.1) is 24.0 Å². The van der Waals surface area contributed by atoms with Crippen molar-refractivity contribution in [1.29, 1.82) is 0 Å². The maximum Gasteiger partial charge on any atom is 0.191 e. The Hall–Kier alpha value is -1.35. The normalized spacial score (nSPS) is 10.8. The first-order chi connectivity index (χ1) is 11.1. The molecule has 0 bridgehead atoms. The van der Waals surface area contributed by atoms with E-state index in [0.29, 0.717) is 23.5 Å². The third kappa shape index (κ3) is 6.27. The molecule has 0 aliphatic carbocycles. The number of nitrogens with zero attached hydrogens (tertiary/aromatic N) is 1. The van der Waals surface area contributed by atoms with E-state index in [-0.39, 0.29) is 29.8 Å². The fraction of sp³-hybridized carbons (Fsp3) is 0.235. The van der Waals surface area contributed by atoms with Crippen LogP contribution in [0.2, 0.25) is 0 Å². The van der Waals surface area contributed by atoms with E-state index in [1.807, 2.05) is 30.3 Å². The maximum atomic E-state index is 13.5. The van der Waals surface area contributed by atoms with Crippen molar-refractivity contribution < 1.29 is 9.13 Å². The number of halogens is 3. The first kappa shape index (κ1) is 20.7. The lowest BCUT2D eigenvalue weighted by atomic mass is 10.2. The van der Waals surface area contributed by atoms with Crippen LogP contribution in [0.5, 0.6) is 5.75 Å². The number of hydrogen-bond acceptors (Lipinski definition) is 2. The smallest absolute Gasteiger partial charge is 0.191 e. The number of ether oxygens (including phenoxy) is 1. The molecule has 0 heterocycles. The van der Waals surface area contributed by atoms with Gasteiger partial charge in [-0.05, 0) is 51.3 Å². The number of nitrogens with one attached hydrogen (secondary N) is 2. The Labute approximate surface area is 167 Å². The van der Waals surface area contributed by atoms with E-state index >= 15 is 0 Å². The van der Waals surface area contributed by atoms with Gasteiger partial charge in [0, 0.05) is 20.1 Å². The zero-order valence-corrected chi connectivity index (χ0v) is 17.4. The number of rotatable bonds is 5. The molecule has 0 saturated carbocycles. The predicted molar refractivity (Wildman–Crippen MR) is 110 cm³/mol. The van der Waals surface area contributed by atoms with Crippen LogP contribution >= 0.6 is 39.9 Å². The quantitative estimate of drug-likeness (QED) is 0.364. The van der Waals surface area contributed by atoms with Crippen LogP contribution in [-0.2, 0) is 13.1 Å². The Morgan fingerprint density at radius 2 is 1.79 bits per heavy atom. The summed E-state index contributed by atoms with van der Waals surface area (Å²) in [6.07, 6.45) is 0. The molecule has 0 spiro atoms. The van der Waals surface area contributed by atoms with E-state index in [1.54, 1.807) is 20.2 Å². The van der Waals surface area contributed by atoms with Crippen LogP contribution in [0.1, 0.15) is 11.1 Å². The van der Waals surface area contributed by atoms with Crippen LogP contribution in [0.3, 0.4) is 0 Å². The highest BCUT2D eigenvalue weighted by Crippen LogP contribution is 2.16. The summed E-state index contributed by atoms with van der Waals surface area (Å²) in [5.74, 6) is 1.19. The van der Waals surface area contributed by atoms with Gasteiger partial charge >= 0.3 is 0 Å². The van der Waals surface area contributed by atoms with E-state index in [2.05, 4.69) is 31.6 Å². The molecule has 4 nitrogen and oxygen atoms in total. The van der Waals surface area contributed by atoms with Crippen molar-refractivity contribution in [1.82, 2.24) is 10.6 Å². The predicted octanol–water partition coefficient (Wildman–Crippen LogP) is 4.08. The van der Waals surface area contributed by atoms with Crippen molar-refractivity contribution in [3.05, 3.63) is 63.9 Å². The van der Waals surface area contributed by atoms with Crippen molar-refractivity contribution >= 4 is 45.9 Å². The molecule has 0 amide bonds. The van der Waals surface area contributed by atoms with E-state index in [9.17, 15) is 4.39 Å². The van der Waals surface area contributed by atoms with E-state index in [1.165, 1.54) is 6.07 Å². The maximum absolute atomic E-state index is 13.5. The standard InChI is InChI=1S/C17H19BrFN3O.HI/c1-20-17(21-10-12-4-3-5-14(8-12)23-2)22-11-13-6-7-15(18)16(19)9-13;/h3-9H,10-11H2,1-2H3,(H2,20,21,22);1H.